The standard InChI is InChI=1S/C19H19N3O2/c23-18(21-16-7-6-14-13-20-22-17(14)12-16)19(8-10-24-11-9-19)15-4-2-1-3-5-15/h1-7,12-13H,8-11H2,(H,20,22)(H,21,23). The summed E-state index contributed by atoms with van der Waals surface area (Å²) in [5.41, 5.74) is 2.20. The minimum absolute atomic E-state index is 0.0239. The van der Waals surface area contributed by atoms with Gasteiger partial charge in [-0.1, -0.05) is 30.3 Å². The summed E-state index contributed by atoms with van der Waals surface area (Å²) >= 11 is 0. The molecule has 0 unspecified atom stereocenters. The van der Waals surface area contributed by atoms with Gasteiger partial charge in [0.2, 0.25) is 5.91 Å². The van der Waals surface area contributed by atoms with Crippen molar-refractivity contribution in [3.05, 3.63) is 60.3 Å². The van der Waals surface area contributed by atoms with Gasteiger partial charge in [0.05, 0.1) is 17.1 Å². The van der Waals surface area contributed by atoms with Gasteiger partial charge in [-0.25, -0.2) is 0 Å². The number of H-pyrrole nitrogens is 1. The van der Waals surface area contributed by atoms with Crippen LogP contribution in [-0.4, -0.2) is 29.3 Å². The van der Waals surface area contributed by atoms with Gasteiger partial charge in [-0.15, -0.1) is 0 Å². The van der Waals surface area contributed by atoms with Crippen LogP contribution in [0.15, 0.2) is 54.7 Å². The van der Waals surface area contributed by atoms with Crippen molar-refractivity contribution >= 4 is 22.5 Å². The molecule has 0 spiro atoms. The van der Waals surface area contributed by atoms with E-state index in [0.717, 1.165) is 22.2 Å². The fraction of sp³-hybridized carbons (Fsp3) is 0.263. The highest BCUT2D eigenvalue weighted by Gasteiger charge is 2.41. The molecule has 3 aromatic rings. The molecule has 0 aliphatic carbocycles. The van der Waals surface area contributed by atoms with Gasteiger partial charge >= 0.3 is 0 Å². The third-order valence-corrected chi connectivity index (χ3v) is 4.81. The molecule has 1 fully saturated rings. The van der Waals surface area contributed by atoms with Crippen molar-refractivity contribution in [1.82, 2.24) is 10.2 Å². The zero-order chi connectivity index (χ0) is 16.4. The molecule has 2 aromatic carbocycles. The van der Waals surface area contributed by atoms with Crippen molar-refractivity contribution in [3.8, 4) is 0 Å². The first kappa shape index (κ1) is 14.9. The SMILES string of the molecule is O=C(Nc1ccc2cn[nH]c2c1)C1(c2ccccc2)CCOCC1. The Labute approximate surface area is 140 Å². The number of nitrogens with zero attached hydrogens (tertiary/aromatic N) is 1. The number of aromatic nitrogens is 2. The predicted molar refractivity (Wildman–Crippen MR) is 92.9 cm³/mol. The first-order valence-corrected chi connectivity index (χ1v) is 8.16. The molecule has 1 aromatic heterocycles. The van der Waals surface area contributed by atoms with Crippen LogP contribution in [0.5, 0.6) is 0 Å². The average molecular weight is 321 g/mol. The zero-order valence-electron chi connectivity index (χ0n) is 13.3. The first-order chi connectivity index (χ1) is 11.8. The number of anilines is 1. The van der Waals surface area contributed by atoms with E-state index < -0.39 is 5.41 Å². The van der Waals surface area contributed by atoms with Crippen molar-refractivity contribution in [2.24, 2.45) is 0 Å². The van der Waals surface area contributed by atoms with Crippen LogP contribution in [0.25, 0.3) is 10.9 Å². The van der Waals surface area contributed by atoms with E-state index in [2.05, 4.69) is 15.5 Å². The highest BCUT2D eigenvalue weighted by molar-refractivity contribution is 6.00. The second-order valence-electron chi connectivity index (χ2n) is 6.19. The van der Waals surface area contributed by atoms with Gasteiger partial charge in [0.25, 0.3) is 0 Å². The lowest BCUT2D eigenvalue weighted by Gasteiger charge is -2.36. The van der Waals surface area contributed by atoms with E-state index in [1.807, 2.05) is 48.5 Å². The minimum atomic E-state index is -0.539. The molecule has 1 amide bonds. The fourth-order valence-electron chi connectivity index (χ4n) is 3.39. The number of carbonyl (C=O) groups excluding carboxylic acids is 1. The van der Waals surface area contributed by atoms with Crippen LogP contribution in [-0.2, 0) is 14.9 Å². The fourth-order valence-corrected chi connectivity index (χ4v) is 3.39. The van der Waals surface area contributed by atoms with Gasteiger partial charge in [0, 0.05) is 24.3 Å². The molecule has 1 aliphatic heterocycles. The molecule has 4 rings (SSSR count). The third-order valence-electron chi connectivity index (χ3n) is 4.81. The van der Waals surface area contributed by atoms with Gasteiger partial charge in [0.15, 0.2) is 0 Å². The molecule has 2 heterocycles. The molecule has 5 heteroatoms. The largest absolute Gasteiger partial charge is 0.381 e. The summed E-state index contributed by atoms with van der Waals surface area (Å²) in [5.74, 6) is 0.0239. The Hall–Kier alpha value is -2.66. The lowest BCUT2D eigenvalue weighted by Crippen LogP contribution is -2.44. The topological polar surface area (TPSA) is 67.0 Å². The molecule has 2 N–H and O–H groups in total. The van der Waals surface area contributed by atoms with Crippen molar-refractivity contribution in [2.45, 2.75) is 18.3 Å². The van der Waals surface area contributed by atoms with Crippen LogP contribution in [0, 0.1) is 0 Å². The van der Waals surface area contributed by atoms with Crippen LogP contribution in [0.2, 0.25) is 0 Å². The Bertz CT molecular complexity index is 851. The van der Waals surface area contributed by atoms with Crippen LogP contribution < -0.4 is 5.32 Å². The van der Waals surface area contributed by atoms with E-state index in [0.29, 0.717) is 26.1 Å². The highest BCUT2D eigenvalue weighted by Crippen LogP contribution is 2.36. The third kappa shape index (κ3) is 2.57. The summed E-state index contributed by atoms with van der Waals surface area (Å²) in [6, 6.07) is 15.8. The molecule has 0 radical (unpaired) electrons. The maximum Gasteiger partial charge on any atom is 0.235 e. The number of fused-ring (bicyclic) bond motifs is 1. The number of nitrogens with one attached hydrogen (secondary N) is 2. The molecular weight excluding hydrogens is 302 g/mol. The normalized spacial score (nSPS) is 16.8. The van der Waals surface area contributed by atoms with E-state index in [9.17, 15) is 4.79 Å². The molecule has 0 saturated carbocycles. The van der Waals surface area contributed by atoms with Gasteiger partial charge in [0.1, 0.15) is 0 Å². The predicted octanol–water partition coefficient (Wildman–Crippen LogP) is 3.25. The van der Waals surface area contributed by atoms with Gasteiger partial charge in [-0.3, -0.25) is 9.89 Å². The quantitative estimate of drug-likeness (QED) is 0.778. The molecule has 122 valence electrons. The number of amides is 1. The Balaban J connectivity index is 1.66. The number of rotatable bonds is 3. The Morgan fingerprint density at radius 1 is 1.12 bits per heavy atom. The summed E-state index contributed by atoms with van der Waals surface area (Å²) in [7, 11) is 0. The molecular formula is C19H19N3O2. The number of benzene rings is 2. The highest BCUT2D eigenvalue weighted by atomic mass is 16.5. The number of aromatic amines is 1. The number of hydrogen-bond acceptors (Lipinski definition) is 3. The van der Waals surface area contributed by atoms with Crippen molar-refractivity contribution in [2.75, 3.05) is 18.5 Å². The molecule has 0 bridgehead atoms. The summed E-state index contributed by atoms with van der Waals surface area (Å²) in [6.45, 7) is 1.20. The van der Waals surface area contributed by atoms with Crippen LogP contribution in [0.4, 0.5) is 5.69 Å². The lowest BCUT2D eigenvalue weighted by atomic mass is 9.73. The van der Waals surface area contributed by atoms with E-state index in [1.165, 1.54) is 0 Å². The lowest BCUT2D eigenvalue weighted by molar-refractivity contribution is -0.125. The molecule has 24 heavy (non-hydrogen) atoms. The smallest absolute Gasteiger partial charge is 0.235 e. The van der Waals surface area contributed by atoms with Crippen molar-refractivity contribution < 1.29 is 9.53 Å². The van der Waals surface area contributed by atoms with E-state index in [-0.39, 0.29) is 5.91 Å². The number of hydrogen-bond donors (Lipinski definition) is 2. The van der Waals surface area contributed by atoms with Crippen LogP contribution in [0.3, 0.4) is 0 Å². The number of carbonyl (C=O) groups is 1. The summed E-state index contributed by atoms with van der Waals surface area (Å²) < 4.78 is 5.50. The van der Waals surface area contributed by atoms with Crippen LogP contribution in [0.1, 0.15) is 18.4 Å². The Kier molecular flexibility index (Phi) is 3.78. The maximum atomic E-state index is 13.2. The molecule has 1 saturated heterocycles. The minimum Gasteiger partial charge on any atom is -0.381 e. The van der Waals surface area contributed by atoms with Crippen molar-refractivity contribution in [1.29, 1.82) is 0 Å². The Morgan fingerprint density at radius 2 is 1.92 bits per heavy atom. The molecule has 0 atom stereocenters. The summed E-state index contributed by atoms with van der Waals surface area (Å²) in [5, 5.41) is 11.1. The van der Waals surface area contributed by atoms with Crippen LogP contribution >= 0.6 is 0 Å². The molecule has 5 nitrogen and oxygen atoms in total. The number of ether oxygens (including phenoxy) is 1. The van der Waals surface area contributed by atoms with Gasteiger partial charge in [-0.2, -0.15) is 5.10 Å². The van der Waals surface area contributed by atoms with E-state index in [1.54, 1.807) is 6.20 Å². The van der Waals surface area contributed by atoms with Gasteiger partial charge < -0.3 is 10.1 Å². The Morgan fingerprint density at radius 3 is 2.71 bits per heavy atom. The zero-order valence-corrected chi connectivity index (χ0v) is 13.3. The van der Waals surface area contributed by atoms with E-state index in [4.69, 9.17) is 4.74 Å². The van der Waals surface area contributed by atoms with Crippen molar-refractivity contribution in [3.63, 3.8) is 0 Å². The summed E-state index contributed by atoms with van der Waals surface area (Å²) in [6.07, 6.45) is 3.15. The maximum absolute atomic E-state index is 13.2. The summed E-state index contributed by atoms with van der Waals surface area (Å²) in [4.78, 5) is 13.2. The monoisotopic (exact) mass is 321 g/mol. The second kappa shape index (κ2) is 6.09. The average Bonchev–Trinajstić information content (AvgIpc) is 3.11. The first-order valence-electron chi connectivity index (χ1n) is 8.16. The van der Waals surface area contributed by atoms with E-state index >= 15 is 0 Å². The second-order valence-corrected chi connectivity index (χ2v) is 6.19. The van der Waals surface area contributed by atoms with Gasteiger partial charge in [-0.05, 0) is 36.6 Å². The molecule has 1 aliphatic rings.